The summed E-state index contributed by atoms with van der Waals surface area (Å²) in [5.74, 6) is -0.279. The van der Waals surface area contributed by atoms with Crippen LogP contribution in [0, 0.1) is 0 Å². The summed E-state index contributed by atoms with van der Waals surface area (Å²) in [4.78, 5) is 11.5. The number of esters is 1. The van der Waals surface area contributed by atoms with Crippen molar-refractivity contribution >= 4 is 5.97 Å². The van der Waals surface area contributed by atoms with Crippen molar-refractivity contribution in [1.82, 2.24) is 0 Å². The first-order valence-corrected chi connectivity index (χ1v) is 10.3. The van der Waals surface area contributed by atoms with E-state index in [0.717, 1.165) is 13.0 Å². The topological polar surface area (TPSA) is 26.3 Å². The van der Waals surface area contributed by atoms with Crippen LogP contribution in [0.4, 0.5) is 0 Å². The zero-order valence-electron chi connectivity index (χ0n) is 17.3. The van der Waals surface area contributed by atoms with Gasteiger partial charge in [-0.15, -0.1) is 0 Å². The van der Waals surface area contributed by atoms with E-state index in [1.807, 2.05) is 24.3 Å². The van der Waals surface area contributed by atoms with Gasteiger partial charge in [-0.05, 0) is 56.9 Å². The molecule has 146 valence electrons. The first-order chi connectivity index (χ1) is 12.6. The van der Waals surface area contributed by atoms with E-state index in [2.05, 4.69) is 32.9 Å². The lowest BCUT2D eigenvalue weighted by Gasteiger charge is -2.36. The highest BCUT2D eigenvalue weighted by Crippen LogP contribution is 2.12. The summed E-state index contributed by atoms with van der Waals surface area (Å²) in [6.07, 6.45) is 12.3. The van der Waals surface area contributed by atoms with Crippen molar-refractivity contribution in [2.45, 2.75) is 59.3 Å². The first kappa shape index (κ1) is 22.4. The Balaban J connectivity index is 2.48. The summed E-state index contributed by atoms with van der Waals surface area (Å²) >= 11 is 0. The maximum absolute atomic E-state index is 11.5. The number of rotatable bonds is 13. The predicted molar refractivity (Wildman–Crippen MR) is 110 cm³/mol. The summed E-state index contributed by atoms with van der Waals surface area (Å²) in [7, 11) is 1.41. The van der Waals surface area contributed by atoms with Crippen molar-refractivity contribution in [3.05, 3.63) is 47.5 Å². The Labute approximate surface area is 160 Å². The van der Waals surface area contributed by atoms with Crippen LogP contribution in [-0.4, -0.2) is 43.7 Å². The molecule has 0 amide bonds. The minimum Gasteiger partial charge on any atom is -0.465 e. The third kappa shape index (κ3) is 7.74. The molecule has 0 spiro atoms. The van der Waals surface area contributed by atoms with Gasteiger partial charge in [-0.25, -0.2) is 4.79 Å². The van der Waals surface area contributed by atoms with E-state index >= 15 is 0 Å². The van der Waals surface area contributed by atoms with Crippen LogP contribution in [0.25, 0.3) is 0 Å². The maximum Gasteiger partial charge on any atom is 0.337 e. The summed E-state index contributed by atoms with van der Waals surface area (Å²) in [5, 5.41) is 0. The highest BCUT2D eigenvalue weighted by atomic mass is 16.5. The molecule has 0 aromatic heterocycles. The number of carbonyl (C=O) groups is 1. The molecule has 0 aliphatic rings. The highest BCUT2D eigenvalue weighted by Gasteiger charge is 2.20. The SMILES string of the molecule is CCCCCCC[N+](CC)(CC)C/C=C/Cc1ccc(C(=O)OC)cc1. The number of unbranched alkanes of at least 4 members (excludes halogenated alkanes) is 4. The molecule has 0 N–H and O–H groups in total. The Morgan fingerprint density at radius 1 is 0.962 bits per heavy atom. The van der Waals surface area contributed by atoms with Gasteiger partial charge in [-0.2, -0.15) is 0 Å². The molecular formula is C23H38NO2+. The van der Waals surface area contributed by atoms with Gasteiger partial charge < -0.3 is 9.22 Å². The van der Waals surface area contributed by atoms with E-state index in [1.165, 1.54) is 68.9 Å². The van der Waals surface area contributed by atoms with Gasteiger partial charge in [-0.3, -0.25) is 0 Å². The van der Waals surface area contributed by atoms with Crippen LogP contribution >= 0.6 is 0 Å². The van der Waals surface area contributed by atoms with Gasteiger partial charge in [0, 0.05) is 0 Å². The minimum atomic E-state index is -0.279. The van der Waals surface area contributed by atoms with E-state index in [1.54, 1.807) is 0 Å². The number of hydrogen-bond donors (Lipinski definition) is 0. The molecule has 0 bridgehead atoms. The standard InChI is InChI=1S/C23H38NO2/c1-5-8-9-10-12-19-24(6-2,7-3)20-13-11-14-21-15-17-22(18-16-21)23(25)26-4/h11,13,15-18H,5-10,12,14,19-20H2,1-4H3/q+1/b13-11+. The van der Waals surface area contributed by atoms with E-state index in [4.69, 9.17) is 4.74 Å². The summed E-state index contributed by atoms with van der Waals surface area (Å²) < 4.78 is 5.92. The van der Waals surface area contributed by atoms with Gasteiger partial charge in [0.1, 0.15) is 0 Å². The Kier molecular flexibility index (Phi) is 11.0. The van der Waals surface area contributed by atoms with Crippen LogP contribution in [0.5, 0.6) is 0 Å². The number of quaternary nitrogens is 1. The molecule has 1 rings (SSSR count). The zero-order chi connectivity index (χ0) is 19.3. The number of hydrogen-bond acceptors (Lipinski definition) is 2. The van der Waals surface area contributed by atoms with Gasteiger partial charge >= 0.3 is 5.97 Å². The Hall–Kier alpha value is -1.61. The van der Waals surface area contributed by atoms with Gasteiger partial charge in [0.05, 0.1) is 38.9 Å². The quantitative estimate of drug-likeness (QED) is 0.204. The molecule has 0 aliphatic carbocycles. The van der Waals surface area contributed by atoms with Crippen LogP contribution < -0.4 is 0 Å². The fourth-order valence-corrected chi connectivity index (χ4v) is 3.35. The smallest absolute Gasteiger partial charge is 0.337 e. The first-order valence-electron chi connectivity index (χ1n) is 10.3. The molecule has 0 saturated heterocycles. The predicted octanol–water partition coefficient (Wildman–Crippen LogP) is 5.40. The molecule has 3 nitrogen and oxygen atoms in total. The van der Waals surface area contributed by atoms with Crippen molar-refractivity contribution < 1.29 is 14.0 Å². The second-order valence-electron chi connectivity index (χ2n) is 7.16. The molecule has 1 aromatic rings. The Bertz CT molecular complexity index is 530. The number of methoxy groups -OCH3 is 1. The molecular weight excluding hydrogens is 322 g/mol. The van der Waals surface area contributed by atoms with E-state index < -0.39 is 0 Å². The summed E-state index contributed by atoms with van der Waals surface area (Å²) in [5.41, 5.74) is 1.83. The molecule has 0 saturated carbocycles. The van der Waals surface area contributed by atoms with Gasteiger partial charge in [0.25, 0.3) is 0 Å². The van der Waals surface area contributed by atoms with Gasteiger partial charge in [0.15, 0.2) is 0 Å². The number of likely N-dealkylation sites (N-methyl/N-ethyl adjacent to an activating group) is 1. The minimum absolute atomic E-state index is 0.279. The second-order valence-corrected chi connectivity index (χ2v) is 7.16. The fraction of sp³-hybridized carbons (Fsp3) is 0.609. The van der Waals surface area contributed by atoms with Crippen molar-refractivity contribution in [1.29, 1.82) is 0 Å². The second kappa shape index (κ2) is 12.7. The molecule has 0 radical (unpaired) electrons. The largest absolute Gasteiger partial charge is 0.465 e. The number of allylic oxidation sites excluding steroid dienone is 1. The van der Waals surface area contributed by atoms with Crippen molar-refractivity contribution in [3.8, 4) is 0 Å². The molecule has 0 fully saturated rings. The summed E-state index contributed by atoms with van der Waals surface area (Å²) in [6.45, 7) is 11.7. The number of benzene rings is 1. The Morgan fingerprint density at radius 3 is 2.19 bits per heavy atom. The number of nitrogens with zero attached hydrogens (tertiary/aromatic N) is 1. The van der Waals surface area contributed by atoms with Crippen molar-refractivity contribution in [2.75, 3.05) is 33.3 Å². The maximum atomic E-state index is 11.5. The lowest BCUT2D eigenvalue weighted by Crippen LogP contribution is -2.48. The lowest BCUT2D eigenvalue weighted by molar-refractivity contribution is -0.919. The molecule has 0 unspecified atom stereocenters. The zero-order valence-corrected chi connectivity index (χ0v) is 17.3. The number of ether oxygens (including phenoxy) is 1. The van der Waals surface area contributed by atoms with Crippen LogP contribution in [-0.2, 0) is 11.2 Å². The van der Waals surface area contributed by atoms with Crippen LogP contribution in [0.15, 0.2) is 36.4 Å². The lowest BCUT2D eigenvalue weighted by atomic mass is 10.1. The molecule has 0 heterocycles. The average Bonchev–Trinajstić information content (AvgIpc) is 2.69. The van der Waals surface area contributed by atoms with E-state index in [0.29, 0.717) is 5.56 Å². The van der Waals surface area contributed by atoms with Crippen molar-refractivity contribution in [3.63, 3.8) is 0 Å². The van der Waals surface area contributed by atoms with E-state index in [9.17, 15) is 4.79 Å². The number of carbonyl (C=O) groups excluding carboxylic acids is 1. The van der Waals surface area contributed by atoms with Crippen LogP contribution in [0.3, 0.4) is 0 Å². The molecule has 1 aromatic carbocycles. The fourth-order valence-electron chi connectivity index (χ4n) is 3.35. The molecule has 0 atom stereocenters. The summed E-state index contributed by atoms with van der Waals surface area (Å²) in [6, 6.07) is 7.69. The van der Waals surface area contributed by atoms with Crippen molar-refractivity contribution in [2.24, 2.45) is 0 Å². The van der Waals surface area contributed by atoms with Crippen LogP contribution in [0.2, 0.25) is 0 Å². The molecule has 0 aliphatic heterocycles. The molecule has 26 heavy (non-hydrogen) atoms. The third-order valence-electron chi connectivity index (χ3n) is 5.47. The normalized spacial score (nSPS) is 11.8. The monoisotopic (exact) mass is 360 g/mol. The average molecular weight is 361 g/mol. The molecule has 3 heteroatoms. The van der Waals surface area contributed by atoms with Gasteiger partial charge in [0.2, 0.25) is 0 Å². The van der Waals surface area contributed by atoms with Crippen LogP contribution in [0.1, 0.15) is 68.8 Å². The van der Waals surface area contributed by atoms with E-state index in [-0.39, 0.29) is 5.97 Å². The highest BCUT2D eigenvalue weighted by molar-refractivity contribution is 5.89. The third-order valence-corrected chi connectivity index (χ3v) is 5.47. The van der Waals surface area contributed by atoms with Gasteiger partial charge in [-0.1, -0.05) is 44.4 Å². The Morgan fingerprint density at radius 2 is 1.62 bits per heavy atom.